The normalized spacial score (nSPS) is 16.9. The topological polar surface area (TPSA) is 21.3 Å². The summed E-state index contributed by atoms with van der Waals surface area (Å²) < 4.78 is 6.18. The third-order valence-corrected chi connectivity index (χ3v) is 4.15. The number of nitrogens with one attached hydrogen (secondary N) is 1. The fourth-order valence-electron chi connectivity index (χ4n) is 1.80. The van der Waals surface area contributed by atoms with Crippen molar-refractivity contribution in [1.82, 2.24) is 5.32 Å². The number of methoxy groups -OCH3 is 1. The Balaban J connectivity index is 1.80. The van der Waals surface area contributed by atoms with Crippen LogP contribution in [0.25, 0.3) is 0 Å². The van der Waals surface area contributed by atoms with Crippen LogP contribution in [0.3, 0.4) is 0 Å². The van der Waals surface area contributed by atoms with Crippen LogP contribution in [-0.4, -0.2) is 19.0 Å². The van der Waals surface area contributed by atoms with E-state index in [0.29, 0.717) is 0 Å². The van der Waals surface area contributed by atoms with Gasteiger partial charge in [0.2, 0.25) is 0 Å². The molecule has 1 aromatic rings. The van der Waals surface area contributed by atoms with E-state index in [4.69, 9.17) is 16.3 Å². The van der Waals surface area contributed by atoms with Crippen LogP contribution < -0.4 is 10.1 Å². The molecule has 4 heteroatoms. The zero-order valence-electron chi connectivity index (χ0n) is 9.88. The highest BCUT2D eigenvalue weighted by molar-refractivity contribution is 9.10. The van der Waals surface area contributed by atoms with E-state index in [2.05, 4.69) is 33.4 Å². The molecule has 17 heavy (non-hydrogen) atoms. The number of ether oxygens (including phenoxy) is 1. The summed E-state index contributed by atoms with van der Waals surface area (Å²) in [5, 5.41) is 3.68. The summed E-state index contributed by atoms with van der Waals surface area (Å²) in [4.78, 5) is 0. The highest BCUT2D eigenvalue weighted by atomic mass is 79.9. The maximum absolute atomic E-state index is 6.23. The van der Waals surface area contributed by atoms with Crippen molar-refractivity contribution in [3.63, 3.8) is 0 Å². The lowest BCUT2D eigenvalue weighted by Crippen LogP contribution is -2.24. The second-order valence-electron chi connectivity index (χ2n) is 4.45. The molecule has 0 spiro atoms. The molecule has 0 aromatic heterocycles. The van der Waals surface area contributed by atoms with E-state index in [1.54, 1.807) is 7.11 Å². The third kappa shape index (κ3) is 3.87. The Morgan fingerprint density at radius 2 is 2.29 bits per heavy atom. The molecule has 2 nitrogen and oxygen atoms in total. The molecule has 0 radical (unpaired) electrons. The molecule has 1 saturated carbocycles. The van der Waals surface area contributed by atoms with E-state index >= 15 is 0 Å². The number of halogens is 2. The SMILES string of the molecule is COc1ccc(CNCC(Cl)C2CC2)cc1Br. The first-order chi connectivity index (χ1) is 8.20. The van der Waals surface area contributed by atoms with Gasteiger partial charge in [0.25, 0.3) is 0 Å². The second kappa shape index (κ2) is 6.07. The zero-order valence-corrected chi connectivity index (χ0v) is 12.2. The fraction of sp³-hybridized carbons (Fsp3) is 0.538. The van der Waals surface area contributed by atoms with Gasteiger partial charge in [-0.3, -0.25) is 0 Å². The quantitative estimate of drug-likeness (QED) is 0.810. The summed E-state index contributed by atoms with van der Waals surface area (Å²) in [7, 11) is 1.67. The van der Waals surface area contributed by atoms with E-state index in [1.165, 1.54) is 18.4 Å². The summed E-state index contributed by atoms with van der Waals surface area (Å²) in [6.45, 7) is 1.73. The number of benzene rings is 1. The molecule has 1 unspecified atom stereocenters. The molecule has 0 aliphatic heterocycles. The minimum Gasteiger partial charge on any atom is -0.496 e. The second-order valence-corrected chi connectivity index (χ2v) is 5.87. The van der Waals surface area contributed by atoms with Gasteiger partial charge in [-0.1, -0.05) is 6.07 Å². The van der Waals surface area contributed by atoms with Crippen LogP contribution >= 0.6 is 27.5 Å². The molecule has 0 saturated heterocycles. The lowest BCUT2D eigenvalue weighted by Gasteiger charge is -2.10. The number of hydrogen-bond acceptors (Lipinski definition) is 2. The Kier molecular flexibility index (Phi) is 4.71. The standard InChI is InChI=1S/C13H17BrClNO/c1-17-13-5-2-9(6-11(13)14)7-16-8-12(15)10-3-4-10/h2,5-6,10,12,16H,3-4,7-8H2,1H3. The van der Waals surface area contributed by atoms with Crippen LogP contribution in [-0.2, 0) is 6.54 Å². The van der Waals surface area contributed by atoms with Crippen molar-refractivity contribution in [2.45, 2.75) is 24.8 Å². The Labute approximate surface area is 116 Å². The number of hydrogen-bond donors (Lipinski definition) is 1. The average molecular weight is 319 g/mol. The van der Waals surface area contributed by atoms with Gasteiger partial charge in [-0.2, -0.15) is 0 Å². The molecule has 1 aliphatic rings. The minimum absolute atomic E-state index is 0.289. The molecule has 1 aliphatic carbocycles. The molecule has 2 rings (SSSR count). The van der Waals surface area contributed by atoms with Gasteiger partial charge in [0.15, 0.2) is 0 Å². The number of rotatable bonds is 6. The summed E-state index contributed by atoms with van der Waals surface area (Å²) in [6, 6.07) is 6.11. The van der Waals surface area contributed by atoms with Gasteiger partial charge in [-0.05, 0) is 52.4 Å². The Hall–Kier alpha value is -0.250. The van der Waals surface area contributed by atoms with Crippen LogP contribution in [0.4, 0.5) is 0 Å². The Morgan fingerprint density at radius 3 is 2.88 bits per heavy atom. The first-order valence-electron chi connectivity index (χ1n) is 5.88. The molecule has 1 aromatic carbocycles. The minimum atomic E-state index is 0.289. The molecular weight excluding hydrogens is 302 g/mol. The van der Waals surface area contributed by atoms with Crippen molar-refractivity contribution >= 4 is 27.5 Å². The molecule has 94 valence electrons. The largest absolute Gasteiger partial charge is 0.496 e. The highest BCUT2D eigenvalue weighted by Crippen LogP contribution is 2.35. The van der Waals surface area contributed by atoms with Gasteiger partial charge in [0, 0.05) is 18.5 Å². The molecule has 0 heterocycles. The Bertz CT molecular complexity index is 382. The maximum Gasteiger partial charge on any atom is 0.133 e. The third-order valence-electron chi connectivity index (χ3n) is 3.02. The molecule has 1 fully saturated rings. The van der Waals surface area contributed by atoms with Crippen molar-refractivity contribution in [2.75, 3.05) is 13.7 Å². The predicted molar refractivity (Wildman–Crippen MR) is 74.8 cm³/mol. The van der Waals surface area contributed by atoms with Gasteiger partial charge < -0.3 is 10.1 Å². The molecule has 1 N–H and O–H groups in total. The van der Waals surface area contributed by atoms with Crippen LogP contribution in [0.2, 0.25) is 0 Å². The van der Waals surface area contributed by atoms with E-state index < -0.39 is 0 Å². The number of alkyl halides is 1. The van der Waals surface area contributed by atoms with Gasteiger partial charge in [0.05, 0.1) is 11.6 Å². The van der Waals surface area contributed by atoms with Crippen LogP contribution in [0.5, 0.6) is 5.75 Å². The highest BCUT2D eigenvalue weighted by Gasteiger charge is 2.29. The van der Waals surface area contributed by atoms with Gasteiger partial charge in [-0.15, -0.1) is 11.6 Å². The van der Waals surface area contributed by atoms with Gasteiger partial charge >= 0.3 is 0 Å². The predicted octanol–water partition coefficient (Wildman–Crippen LogP) is 3.56. The van der Waals surface area contributed by atoms with E-state index in [9.17, 15) is 0 Å². The molecule has 1 atom stereocenters. The fourth-order valence-corrected chi connectivity index (χ4v) is 2.75. The van der Waals surface area contributed by atoms with Crippen LogP contribution in [0, 0.1) is 5.92 Å². The van der Waals surface area contributed by atoms with Crippen LogP contribution in [0.15, 0.2) is 22.7 Å². The summed E-state index contributed by atoms with van der Waals surface area (Å²) in [5.41, 5.74) is 1.23. The summed E-state index contributed by atoms with van der Waals surface area (Å²) in [6.07, 6.45) is 2.59. The lowest BCUT2D eigenvalue weighted by molar-refractivity contribution is 0.412. The van der Waals surface area contributed by atoms with Gasteiger partial charge in [0.1, 0.15) is 5.75 Å². The van der Waals surface area contributed by atoms with Crippen LogP contribution in [0.1, 0.15) is 18.4 Å². The van der Waals surface area contributed by atoms with E-state index in [-0.39, 0.29) is 5.38 Å². The summed E-state index contributed by atoms with van der Waals surface area (Å²) >= 11 is 9.71. The first kappa shape index (κ1) is 13.2. The van der Waals surface area contributed by atoms with Crippen molar-refractivity contribution in [2.24, 2.45) is 5.92 Å². The zero-order chi connectivity index (χ0) is 12.3. The molecule has 0 amide bonds. The summed E-state index contributed by atoms with van der Waals surface area (Å²) in [5.74, 6) is 1.61. The van der Waals surface area contributed by atoms with Crippen molar-refractivity contribution < 1.29 is 4.74 Å². The van der Waals surface area contributed by atoms with Crippen molar-refractivity contribution in [3.8, 4) is 5.75 Å². The van der Waals surface area contributed by atoms with E-state index in [1.807, 2.05) is 6.07 Å². The monoisotopic (exact) mass is 317 g/mol. The Morgan fingerprint density at radius 1 is 1.53 bits per heavy atom. The van der Waals surface area contributed by atoms with Crippen molar-refractivity contribution in [3.05, 3.63) is 28.2 Å². The first-order valence-corrected chi connectivity index (χ1v) is 7.11. The van der Waals surface area contributed by atoms with Gasteiger partial charge in [-0.25, -0.2) is 0 Å². The molecular formula is C13H17BrClNO. The van der Waals surface area contributed by atoms with Crippen molar-refractivity contribution in [1.29, 1.82) is 0 Å². The molecule has 0 bridgehead atoms. The maximum atomic E-state index is 6.23. The smallest absolute Gasteiger partial charge is 0.133 e. The lowest BCUT2D eigenvalue weighted by atomic mass is 10.2. The average Bonchev–Trinajstić information content (AvgIpc) is 3.13. The van der Waals surface area contributed by atoms with E-state index in [0.717, 1.165) is 29.2 Å².